The first-order chi connectivity index (χ1) is 6.13. The van der Waals surface area contributed by atoms with Gasteiger partial charge in [-0.25, -0.2) is 0 Å². The van der Waals surface area contributed by atoms with Crippen LogP contribution in [0.15, 0.2) is 4.52 Å². The van der Waals surface area contributed by atoms with E-state index in [0.29, 0.717) is 17.6 Å². The van der Waals surface area contributed by atoms with Gasteiger partial charge in [-0.1, -0.05) is 19.0 Å². The van der Waals surface area contributed by atoms with E-state index in [0.717, 1.165) is 6.42 Å². The topological polar surface area (TPSA) is 85.2 Å². The predicted octanol–water partition coefficient (Wildman–Crippen LogP) is 0.260. The number of hydrogen-bond acceptors (Lipinski definition) is 5. The van der Waals surface area contributed by atoms with Gasteiger partial charge in [0.15, 0.2) is 5.82 Å². The molecule has 0 aliphatic rings. The summed E-state index contributed by atoms with van der Waals surface area (Å²) in [5.74, 6) is 1.43. The van der Waals surface area contributed by atoms with Gasteiger partial charge in [-0.2, -0.15) is 4.98 Å². The second kappa shape index (κ2) is 4.34. The molecule has 1 aromatic rings. The van der Waals surface area contributed by atoms with Crippen molar-refractivity contribution in [2.75, 3.05) is 6.61 Å². The van der Waals surface area contributed by atoms with Gasteiger partial charge in [0.25, 0.3) is 0 Å². The molecule has 0 spiro atoms. The Morgan fingerprint density at radius 3 is 2.77 bits per heavy atom. The first-order valence-corrected chi connectivity index (χ1v) is 4.32. The molecule has 0 saturated carbocycles. The molecule has 0 radical (unpaired) electrons. The van der Waals surface area contributed by atoms with Crippen molar-refractivity contribution in [3.05, 3.63) is 11.7 Å². The van der Waals surface area contributed by atoms with Gasteiger partial charge < -0.3 is 15.4 Å². The Labute approximate surface area is 76.9 Å². The largest absolute Gasteiger partial charge is 0.394 e. The van der Waals surface area contributed by atoms with Crippen LogP contribution >= 0.6 is 0 Å². The van der Waals surface area contributed by atoms with Crippen molar-refractivity contribution < 1.29 is 9.63 Å². The molecule has 1 aromatic heterocycles. The Morgan fingerprint density at radius 2 is 2.23 bits per heavy atom. The van der Waals surface area contributed by atoms with Crippen LogP contribution in [0.5, 0.6) is 0 Å². The summed E-state index contributed by atoms with van der Waals surface area (Å²) in [6, 6.07) is -0.562. The van der Waals surface area contributed by atoms with Crippen molar-refractivity contribution in [2.24, 2.45) is 11.7 Å². The van der Waals surface area contributed by atoms with Gasteiger partial charge in [0.2, 0.25) is 5.89 Å². The Hall–Kier alpha value is -0.940. The van der Waals surface area contributed by atoms with Crippen molar-refractivity contribution in [1.82, 2.24) is 10.1 Å². The summed E-state index contributed by atoms with van der Waals surface area (Å²) < 4.78 is 4.87. The van der Waals surface area contributed by atoms with Gasteiger partial charge in [-0.15, -0.1) is 0 Å². The van der Waals surface area contributed by atoms with E-state index in [2.05, 4.69) is 24.0 Å². The summed E-state index contributed by atoms with van der Waals surface area (Å²) in [5.41, 5.74) is 5.49. The zero-order valence-corrected chi connectivity index (χ0v) is 7.90. The molecule has 0 aromatic carbocycles. The molecule has 0 fully saturated rings. The minimum absolute atomic E-state index is 0.177. The monoisotopic (exact) mass is 185 g/mol. The normalized spacial score (nSPS) is 13.6. The van der Waals surface area contributed by atoms with Crippen LogP contribution in [0.25, 0.3) is 0 Å². The maximum absolute atomic E-state index is 8.73. The second-order valence-corrected chi connectivity index (χ2v) is 3.44. The smallest absolute Gasteiger partial charge is 0.245 e. The van der Waals surface area contributed by atoms with Crippen LogP contribution in [0.4, 0.5) is 0 Å². The number of aromatic nitrogens is 2. The van der Waals surface area contributed by atoms with E-state index in [4.69, 9.17) is 15.4 Å². The van der Waals surface area contributed by atoms with Gasteiger partial charge in [-0.05, 0) is 5.92 Å². The molecular formula is C8H15N3O2. The van der Waals surface area contributed by atoms with E-state index in [1.165, 1.54) is 0 Å². The molecule has 13 heavy (non-hydrogen) atoms. The first-order valence-electron chi connectivity index (χ1n) is 4.32. The van der Waals surface area contributed by atoms with Crippen LogP contribution in [0, 0.1) is 5.92 Å². The number of aliphatic hydroxyl groups excluding tert-OH is 1. The third-order valence-electron chi connectivity index (χ3n) is 1.59. The third kappa shape index (κ3) is 2.78. The molecule has 0 amide bonds. The van der Waals surface area contributed by atoms with E-state index in [1.807, 2.05) is 0 Å². The molecule has 0 saturated heterocycles. The zero-order chi connectivity index (χ0) is 9.84. The second-order valence-electron chi connectivity index (χ2n) is 3.44. The molecule has 0 bridgehead atoms. The molecule has 1 rings (SSSR count). The highest BCUT2D eigenvalue weighted by molar-refractivity contribution is 4.92. The van der Waals surface area contributed by atoms with Crippen LogP contribution in [-0.4, -0.2) is 21.9 Å². The quantitative estimate of drug-likeness (QED) is 0.702. The first kappa shape index (κ1) is 10.1. The fourth-order valence-corrected chi connectivity index (χ4v) is 0.944. The molecule has 1 heterocycles. The van der Waals surface area contributed by atoms with Crippen LogP contribution in [0.1, 0.15) is 31.6 Å². The number of nitrogens with zero attached hydrogens (tertiary/aromatic N) is 2. The maximum atomic E-state index is 8.73. The third-order valence-corrected chi connectivity index (χ3v) is 1.59. The predicted molar refractivity (Wildman–Crippen MR) is 46.9 cm³/mol. The minimum Gasteiger partial charge on any atom is -0.394 e. The van der Waals surface area contributed by atoms with E-state index < -0.39 is 6.04 Å². The maximum Gasteiger partial charge on any atom is 0.245 e. The fraction of sp³-hybridized carbons (Fsp3) is 0.750. The minimum atomic E-state index is -0.562. The van der Waals surface area contributed by atoms with Crippen LogP contribution in [-0.2, 0) is 6.42 Å². The molecule has 5 nitrogen and oxygen atoms in total. The molecule has 3 N–H and O–H groups in total. The lowest BCUT2D eigenvalue weighted by Gasteiger charge is -1.99. The van der Waals surface area contributed by atoms with Crippen molar-refractivity contribution in [3.8, 4) is 0 Å². The number of hydrogen-bond donors (Lipinski definition) is 2. The van der Waals surface area contributed by atoms with E-state index in [-0.39, 0.29) is 6.61 Å². The standard InChI is InChI=1S/C8H15N3O2/c1-5(2)3-7-10-8(13-11-7)6(9)4-12/h5-6,12H,3-4,9H2,1-2H3/t6-/m0/s1. The lowest BCUT2D eigenvalue weighted by molar-refractivity contribution is 0.236. The molecule has 0 aliphatic heterocycles. The van der Waals surface area contributed by atoms with E-state index >= 15 is 0 Å². The molecule has 0 aliphatic carbocycles. The van der Waals surface area contributed by atoms with Crippen molar-refractivity contribution >= 4 is 0 Å². The Kier molecular flexibility index (Phi) is 3.39. The number of rotatable bonds is 4. The van der Waals surface area contributed by atoms with Gasteiger partial charge in [-0.3, -0.25) is 0 Å². The number of nitrogens with two attached hydrogens (primary N) is 1. The molecule has 1 atom stereocenters. The summed E-state index contributed by atoms with van der Waals surface area (Å²) in [4.78, 5) is 4.06. The summed E-state index contributed by atoms with van der Waals surface area (Å²) >= 11 is 0. The van der Waals surface area contributed by atoms with Crippen LogP contribution in [0.3, 0.4) is 0 Å². The van der Waals surface area contributed by atoms with Crippen LogP contribution in [0.2, 0.25) is 0 Å². The molecular weight excluding hydrogens is 170 g/mol. The summed E-state index contributed by atoms with van der Waals surface area (Å²) in [6.45, 7) is 3.97. The van der Waals surface area contributed by atoms with Crippen molar-refractivity contribution in [1.29, 1.82) is 0 Å². The van der Waals surface area contributed by atoms with Crippen molar-refractivity contribution in [2.45, 2.75) is 26.3 Å². The Bertz CT molecular complexity index is 260. The van der Waals surface area contributed by atoms with Crippen LogP contribution < -0.4 is 5.73 Å². The average molecular weight is 185 g/mol. The summed E-state index contributed by atoms with van der Waals surface area (Å²) in [7, 11) is 0. The molecule has 5 heteroatoms. The average Bonchev–Trinajstić information content (AvgIpc) is 2.50. The fourth-order valence-electron chi connectivity index (χ4n) is 0.944. The highest BCUT2D eigenvalue weighted by atomic mass is 16.5. The van der Waals surface area contributed by atoms with Gasteiger partial charge in [0, 0.05) is 6.42 Å². The Balaban J connectivity index is 2.63. The molecule has 0 unspecified atom stereocenters. The number of aliphatic hydroxyl groups is 1. The lowest BCUT2D eigenvalue weighted by Crippen LogP contribution is -2.14. The zero-order valence-electron chi connectivity index (χ0n) is 7.90. The van der Waals surface area contributed by atoms with Gasteiger partial charge >= 0.3 is 0 Å². The Morgan fingerprint density at radius 1 is 1.54 bits per heavy atom. The van der Waals surface area contributed by atoms with E-state index in [1.54, 1.807) is 0 Å². The highest BCUT2D eigenvalue weighted by Gasteiger charge is 2.13. The van der Waals surface area contributed by atoms with Gasteiger partial charge in [0.1, 0.15) is 6.04 Å². The SMILES string of the molecule is CC(C)Cc1noc([C@@H](N)CO)n1. The van der Waals surface area contributed by atoms with E-state index in [9.17, 15) is 0 Å². The van der Waals surface area contributed by atoms with Gasteiger partial charge in [0.05, 0.1) is 6.61 Å². The lowest BCUT2D eigenvalue weighted by atomic mass is 10.1. The summed E-state index contributed by atoms with van der Waals surface area (Å²) in [5, 5.41) is 12.5. The summed E-state index contributed by atoms with van der Waals surface area (Å²) in [6.07, 6.45) is 0.766. The van der Waals surface area contributed by atoms with Crippen molar-refractivity contribution in [3.63, 3.8) is 0 Å². The highest BCUT2D eigenvalue weighted by Crippen LogP contribution is 2.09. The molecule has 74 valence electrons.